The maximum absolute atomic E-state index is 8.25. The molecule has 0 aliphatic heterocycles. The summed E-state index contributed by atoms with van der Waals surface area (Å²) >= 11 is 0. The van der Waals surface area contributed by atoms with Crippen molar-refractivity contribution in [3.8, 4) is 0 Å². The molecule has 0 aliphatic rings. The second-order valence-corrected chi connectivity index (χ2v) is 0.224. The first-order chi connectivity index (χ1) is 3.73. The zero-order valence-electron chi connectivity index (χ0n) is 6.12. The molecular formula is H4N2O3. The van der Waals surface area contributed by atoms with Crippen LogP contribution in [0.15, 0.2) is 0 Å². The highest BCUT2D eigenvalue weighted by atomic mass is 16.9. The Bertz CT molecular complexity index is 76.3. The smallest absolute Gasteiger partial charge is 0.342 e. The Morgan fingerprint density at radius 2 is 2.00 bits per heavy atom. The zero-order chi connectivity index (χ0) is 8.08. The molecule has 5 heavy (non-hydrogen) atoms. The molecule has 0 aromatic heterocycles. The van der Waals surface area contributed by atoms with Gasteiger partial charge in [-0.05, 0) is 0 Å². The molecule has 0 aliphatic carbocycles. The molecule has 0 saturated carbocycles. The molecule has 0 amide bonds. The van der Waals surface area contributed by atoms with Crippen molar-refractivity contribution < 1.29 is 10.7 Å². The summed E-state index contributed by atoms with van der Waals surface area (Å²) in [5.41, 5.74) is 0. The van der Waals surface area contributed by atoms with Gasteiger partial charge in [0.25, 0.3) is 0 Å². The topological polar surface area (TPSA) is 103 Å². The fourth-order valence-electron chi connectivity index (χ4n) is 0. The van der Waals surface area contributed by atoms with Gasteiger partial charge in [0.05, 0.1) is 5.09 Å². The summed E-state index contributed by atoms with van der Waals surface area (Å²) in [6.45, 7) is 0. The van der Waals surface area contributed by atoms with E-state index in [1.165, 1.54) is 0 Å². The molecule has 0 saturated heterocycles. The normalized spacial score (nSPS) is 17.6. The second kappa shape index (κ2) is 3.16. The maximum atomic E-state index is 8.25. The Balaban J connectivity index is 0. The summed E-state index contributed by atoms with van der Waals surface area (Å²) in [7, 11) is 0. The highest BCUT2D eigenvalue weighted by Gasteiger charge is 1.45. The minimum atomic E-state index is -2.00. The number of rotatable bonds is 0. The van der Waals surface area contributed by atoms with Crippen LogP contribution >= 0.6 is 0 Å². The van der Waals surface area contributed by atoms with Crippen LogP contribution in [-0.2, 0) is 0 Å². The largest absolute Gasteiger partial charge is 0.369 e. The molecule has 0 aromatic rings. The van der Waals surface area contributed by atoms with Gasteiger partial charge in [-0.1, -0.05) is 0 Å². The summed E-state index contributed by atoms with van der Waals surface area (Å²) < 4.78 is 23.5. The standard InChI is InChI=1S/NO3.H3N/c2-1(3)4;/h;1H3/q-1;/p+1/i/hD4. The van der Waals surface area contributed by atoms with E-state index in [0.717, 1.165) is 0 Å². The Morgan fingerprint density at radius 3 is 2.00 bits per heavy atom. The molecule has 32 valence electrons. The van der Waals surface area contributed by atoms with Crippen molar-refractivity contribution in [2.24, 2.45) is 0 Å². The van der Waals surface area contributed by atoms with Crippen LogP contribution in [0.25, 0.3) is 0 Å². The molecule has 0 spiro atoms. The highest BCUT2D eigenvalue weighted by Crippen LogP contribution is 1.44. The SMILES string of the molecule is O=[N+]([O-])[O-].[2H][N+]([2H])([2H])[2H]. The lowest BCUT2D eigenvalue weighted by molar-refractivity contribution is -0.402. The van der Waals surface area contributed by atoms with Crippen molar-refractivity contribution in [2.45, 2.75) is 0 Å². The average molecular weight is 84.1 g/mol. The second-order valence-electron chi connectivity index (χ2n) is 0.224. The summed E-state index contributed by atoms with van der Waals surface area (Å²) in [6.07, 6.45) is -2.00. The third kappa shape index (κ3) is 6.03. The van der Waals surface area contributed by atoms with Crippen LogP contribution in [0.3, 0.4) is 0 Å². The van der Waals surface area contributed by atoms with Gasteiger partial charge in [0.1, 0.15) is 0 Å². The first-order valence-electron chi connectivity index (χ1n) is 2.34. The minimum absolute atomic E-state index is 1.75. The highest BCUT2D eigenvalue weighted by molar-refractivity contribution is 4.03. The van der Waals surface area contributed by atoms with Crippen molar-refractivity contribution in [3.05, 3.63) is 15.3 Å². The lowest BCUT2D eigenvalue weighted by Crippen LogP contribution is -1.74. The van der Waals surface area contributed by atoms with Crippen molar-refractivity contribution >= 4 is 0 Å². The van der Waals surface area contributed by atoms with E-state index < -0.39 is 11.2 Å². The van der Waals surface area contributed by atoms with E-state index in [9.17, 15) is 0 Å². The molecule has 0 atom stereocenters. The Labute approximate surface area is 33.8 Å². The van der Waals surface area contributed by atoms with E-state index in [4.69, 9.17) is 21.0 Å². The van der Waals surface area contributed by atoms with Crippen LogP contribution in [0.2, 0.25) is 5.65 Å². The fourth-order valence-corrected chi connectivity index (χ4v) is 0. The molecule has 0 aromatic carbocycles. The Hall–Kier alpha value is -0.840. The molecule has 0 rings (SSSR count). The molecule has 0 bridgehead atoms. The molecule has 5 heteroatoms. The maximum Gasteiger partial charge on any atom is 0.342 e. The van der Waals surface area contributed by atoms with E-state index in [1.807, 2.05) is 0 Å². The minimum Gasteiger partial charge on any atom is -0.369 e. The number of hydrogen-bond acceptors (Lipinski definition) is 3. The van der Waals surface area contributed by atoms with Gasteiger partial charge >= 0.3 is 5.65 Å². The predicted octanol–water partition coefficient (Wildman–Crippen LogP) is 0.137. The number of nitrogens with zero attached hydrogens (tertiary/aromatic N) is 1. The summed E-state index contributed by atoms with van der Waals surface area (Å²) in [6, 6.07) is 0. The first-order valence-corrected chi connectivity index (χ1v) is 0.548. The van der Waals surface area contributed by atoms with Crippen LogP contribution in [0, 0.1) is 15.3 Å². The van der Waals surface area contributed by atoms with Crippen molar-refractivity contribution in [1.29, 1.82) is 0 Å². The first kappa shape index (κ1) is 1.09. The van der Waals surface area contributed by atoms with Gasteiger partial charge in [-0.25, -0.2) is 0 Å². The van der Waals surface area contributed by atoms with Gasteiger partial charge in [-0.2, -0.15) is 0 Å². The monoisotopic (exact) mass is 84.0 g/mol. The Morgan fingerprint density at radius 1 is 2.00 bits per heavy atom. The van der Waals surface area contributed by atoms with Gasteiger partial charge in [0.15, 0.2) is 0 Å². The number of hydrogen-bond donors (Lipinski definition) is 1. The van der Waals surface area contributed by atoms with E-state index in [-0.39, 0.29) is 0 Å². The molecular weight excluding hydrogens is 76.0 g/mol. The van der Waals surface area contributed by atoms with Crippen LogP contribution in [0.5, 0.6) is 0 Å². The van der Waals surface area contributed by atoms with Crippen LogP contribution < -0.4 is 6.12 Å². The summed E-state index contributed by atoms with van der Waals surface area (Å²) in [4.78, 5) is 8.25. The molecule has 4 N–H and O–H groups in total. The average Bonchev–Trinajstić information content (AvgIpc) is 1.19. The van der Waals surface area contributed by atoms with Gasteiger partial charge in [0, 0.05) is 0 Å². The number of quaternary nitrogens is 1. The van der Waals surface area contributed by atoms with E-state index in [1.54, 1.807) is 0 Å². The van der Waals surface area contributed by atoms with E-state index in [0.29, 0.717) is 0 Å². The van der Waals surface area contributed by atoms with Crippen molar-refractivity contribution in [1.82, 2.24) is 6.12 Å². The zero-order valence-corrected chi connectivity index (χ0v) is 2.12. The lowest BCUT2D eigenvalue weighted by atomic mass is 13.1. The third-order valence-corrected chi connectivity index (χ3v) is 0. The molecule has 0 fully saturated rings. The van der Waals surface area contributed by atoms with E-state index in [2.05, 4.69) is 0 Å². The summed E-state index contributed by atoms with van der Waals surface area (Å²) in [5.74, 6) is 0. The van der Waals surface area contributed by atoms with E-state index >= 15 is 0 Å². The molecule has 0 radical (unpaired) electrons. The van der Waals surface area contributed by atoms with Gasteiger partial charge in [-0.15, -0.1) is 0 Å². The van der Waals surface area contributed by atoms with Gasteiger partial charge in [-0.3, -0.25) is 0 Å². The molecule has 5 nitrogen and oxygen atoms in total. The van der Waals surface area contributed by atoms with Crippen LogP contribution in [-0.4, -0.2) is 5.09 Å². The quantitative estimate of drug-likeness (QED) is 0.333. The fraction of sp³-hybridized carbons (Fsp3) is 0. The van der Waals surface area contributed by atoms with Crippen molar-refractivity contribution in [3.63, 3.8) is 0 Å². The van der Waals surface area contributed by atoms with Crippen LogP contribution in [0.1, 0.15) is 0 Å². The summed E-state index contributed by atoms with van der Waals surface area (Å²) in [5, 5.41) is 14.8. The third-order valence-electron chi connectivity index (χ3n) is 0. The Kier molecular flexibility index (Phi) is 0.692. The molecule has 0 heterocycles. The van der Waals surface area contributed by atoms with Gasteiger partial charge < -0.3 is 21.4 Å². The van der Waals surface area contributed by atoms with Crippen LogP contribution in [0.4, 0.5) is 0 Å². The van der Waals surface area contributed by atoms with Crippen molar-refractivity contribution in [2.75, 3.05) is 0 Å². The lowest BCUT2D eigenvalue weighted by Gasteiger charge is -1.74. The predicted molar refractivity (Wildman–Crippen MR) is 16.3 cm³/mol. The van der Waals surface area contributed by atoms with Gasteiger partial charge in [0.2, 0.25) is 0 Å². The molecule has 0 unspecified atom stereocenters.